The summed E-state index contributed by atoms with van der Waals surface area (Å²) in [4.78, 5) is 6.54. The molecule has 3 aromatic heterocycles. The molecule has 4 aromatic rings. The SMILES string of the molecule is Oc1ccccc1N1C(=S)NC(c2ccccn2)C1c1cccn1Cc1ccco1. The standard InChI is InChI=1S/C23H20N4O2S/c28-20-11-2-1-9-18(20)27-22(21(25-23(27)30)17-8-3-4-12-24-17)19-10-5-13-26(19)15-16-7-6-14-29-16/h1-14,21-22,28H,15H2,(H,25,30). The van der Waals surface area contributed by atoms with Crippen LogP contribution in [0.3, 0.4) is 0 Å². The van der Waals surface area contributed by atoms with Gasteiger partial charge in [-0.05, 0) is 60.7 Å². The molecule has 150 valence electrons. The fraction of sp³-hybridized carbons (Fsp3) is 0.130. The van der Waals surface area contributed by atoms with Gasteiger partial charge in [0.2, 0.25) is 0 Å². The fourth-order valence-corrected chi connectivity index (χ4v) is 4.33. The highest BCUT2D eigenvalue weighted by Crippen LogP contribution is 2.44. The first kappa shape index (κ1) is 18.4. The maximum absolute atomic E-state index is 10.6. The van der Waals surface area contributed by atoms with Gasteiger partial charge in [0.1, 0.15) is 17.6 Å². The first-order valence-corrected chi connectivity index (χ1v) is 10.1. The quantitative estimate of drug-likeness (QED) is 0.470. The average Bonchev–Trinajstić information content (AvgIpc) is 3.50. The second-order valence-corrected chi connectivity index (χ2v) is 7.51. The van der Waals surface area contributed by atoms with Gasteiger partial charge in [-0.3, -0.25) is 4.98 Å². The highest BCUT2D eigenvalue weighted by molar-refractivity contribution is 7.80. The molecule has 0 saturated carbocycles. The molecule has 0 spiro atoms. The van der Waals surface area contributed by atoms with Crippen molar-refractivity contribution in [2.24, 2.45) is 0 Å². The number of aromatic nitrogens is 2. The van der Waals surface area contributed by atoms with Crippen LogP contribution >= 0.6 is 12.2 Å². The predicted molar refractivity (Wildman–Crippen MR) is 118 cm³/mol. The Hall–Kier alpha value is -3.58. The van der Waals surface area contributed by atoms with Crippen LogP contribution in [0.4, 0.5) is 5.69 Å². The number of phenols is 1. The van der Waals surface area contributed by atoms with E-state index in [1.165, 1.54) is 0 Å². The molecule has 0 amide bonds. The minimum Gasteiger partial charge on any atom is -0.506 e. The molecule has 2 N–H and O–H groups in total. The van der Waals surface area contributed by atoms with Crippen LogP contribution in [0, 0.1) is 0 Å². The van der Waals surface area contributed by atoms with Gasteiger partial charge >= 0.3 is 0 Å². The molecule has 1 aliphatic heterocycles. The third kappa shape index (κ3) is 3.23. The molecule has 1 saturated heterocycles. The summed E-state index contributed by atoms with van der Waals surface area (Å²) in [6.07, 6.45) is 5.48. The third-order valence-electron chi connectivity index (χ3n) is 5.31. The number of anilines is 1. The lowest BCUT2D eigenvalue weighted by atomic mass is 10.0. The Labute approximate surface area is 179 Å². The van der Waals surface area contributed by atoms with Crippen LogP contribution in [0.5, 0.6) is 5.75 Å². The van der Waals surface area contributed by atoms with Crippen LogP contribution in [0.25, 0.3) is 0 Å². The number of furan rings is 1. The summed E-state index contributed by atoms with van der Waals surface area (Å²) in [5.74, 6) is 1.04. The molecular formula is C23H20N4O2S. The number of hydrogen-bond donors (Lipinski definition) is 2. The van der Waals surface area contributed by atoms with Crippen molar-refractivity contribution >= 4 is 23.0 Å². The zero-order valence-corrected chi connectivity index (χ0v) is 16.9. The van der Waals surface area contributed by atoms with Crippen LogP contribution in [0.2, 0.25) is 0 Å². The molecule has 0 radical (unpaired) electrons. The topological polar surface area (TPSA) is 66.5 Å². The van der Waals surface area contributed by atoms with Crippen molar-refractivity contribution in [3.8, 4) is 5.75 Å². The smallest absolute Gasteiger partial charge is 0.174 e. The van der Waals surface area contributed by atoms with Crippen LogP contribution in [0.15, 0.2) is 89.8 Å². The molecule has 5 rings (SSSR count). The van der Waals surface area contributed by atoms with Crippen LogP contribution in [-0.4, -0.2) is 19.8 Å². The van der Waals surface area contributed by atoms with Gasteiger partial charge in [0, 0.05) is 18.1 Å². The number of aromatic hydroxyl groups is 1. The first-order valence-electron chi connectivity index (χ1n) is 9.68. The van der Waals surface area contributed by atoms with E-state index < -0.39 is 0 Å². The number of nitrogens with zero attached hydrogens (tertiary/aromatic N) is 3. The average molecular weight is 417 g/mol. The zero-order chi connectivity index (χ0) is 20.5. The van der Waals surface area contributed by atoms with Crippen molar-refractivity contribution in [2.45, 2.75) is 18.6 Å². The summed E-state index contributed by atoms with van der Waals surface area (Å²) in [6, 6.07) is 20.6. The van der Waals surface area contributed by atoms with Crippen molar-refractivity contribution in [1.29, 1.82) is 0 Å². The molecule has 4 heterocycles. The van der Waals surface area contributed by atoms with Crippen molar-refractivity contribution in [3.05, 3.63) is 103 Å². The maximum Gasteiger partial charge on any atom is 0.174 e. The highest BCUT2D eigenvalue weighted by atomic mass is 32.1. The van der Waals surface area contributed by atoms with Gasteiger partial charge in [-0.2, -0.15) is 0 Å². The van der Waals surface area contributed by atoms with E-state index in [9.17, 15) is 5.11 Å². The van der Waals surface area contributed by atoms with Crippen LogP contribution in [0.1, 0.15) is 29.2 Å². The molecule has 2 atom stereocenters. The Morgan fingerprint density at radius 2 is 1.90 bits per heavy atom. The predicted octanol–water partition coefficient (Wildman–Crippen LogP) is 4.41. The number of hydrogen-bond acceptors (Lipinski definition) is 4. The number of nitrogens with one attached hydrogen (secondary N) is 1. The van der Waals surface area contributed by atoms with Crippen molar-refractivity contribution in [3.63, 3.8) is 0 Å². The number of phenolic OH excluding ortho intramolecular Hbond substituents is 1. The van der Waals surface area contributed by atoms with E-state index in [4.69, 9.17) is 16.6 Å². The Kier molecular flexibility index (Phi) is 4.72. The molecular weight excluding hydrogens is 396 g/mol. The summed E-state index contributed by atoms with van der Waals surface area (Å²) < 4.78 is 7.70. The summed E-state index contributed by atoms with van der Waals surface area (Å²) in [5.41, 5.74) is 2.58. The Bertz CT molecular complexity index is 1160. The van der Waals surface area contributed by atoms with Crippen molar-refractivity contribution < 1.29 is 9.52 Å². The summed E-state index contributed by atoms with van der Waals surface area (Å²) in [7, 11) is 0. The molecule has 1 aromatic carbocycles. The molecule has 1 fully saturated rings. The van der Waals surface area contributed by atoms with Crippen molar-refractivity contribution in [2.75, 3.05) is 4.90 Å². The minimum absolute atomic E-state index is 0.177. The van der Waals surface area contributed by atoms with Gasteiger partial charge in [-0.1, -0.05) is 18.2 Å². The number of pyridine rings is 1. The Morgan fingerprint density at radius 1 is 1.03 bits per heavy atom. The van der Waals surface area contributed by atoms with Gasteiger partial charge in [-0.25, -0.2) is 0 Å². The minimum atomic E-state index is -0.203. The normalized spacial score (nSPS) is 18.5. The van der Waals surface area contributed by atoms with Gasteiger partial charge < -0.3 is 24.3 Å². The Morgan fingerprint density at radius 3 is 2.67 bits per heavy atom. The lowest BCUT2D eigenvalue weighted by molar-refractivity contribution is 0.465. The number of rotatable bonds is 5. The van der Waals surface area contributed by atoms with E-state index in [0.29, 0.717) is 17.3 Å². The third-order valence-corrected chi connectivity index (χ3v) is 5.63. The zero-order valence-electron chi connectivity index (χ0n) is 16.1. The van der Waals surface area contributed by atoms with E-state index >= 15 is 0 Å². The molecule has 1 aliphatic rings. The molecule has 0 aliphatic carbocycles. The second-order valence-electron chi connectivity index (χ2n) is 7.13. The summed E-state index contributed by atoms with van der Waals surface area (Å²) >= 11 is 5.72. The van der Waals surface area contributed by atoms with Crippen LogP contribution < -0.4 is 10.2 Å². The van der Waals surface area contributed by atoms with E-state index in [1.807, 2.05) is 59.6 Å². The lowest BCUT2D eigenvalue weighted by Gasteiger charge is -2.29. The van der Waals surface area contributed by atoms with Gasteiger partial charge in [0.05, 0.1) is 30.2 Å². The Balaban J connectivity index is 1.63. The molecule has 2 unspecified atom stereocenters. The van der Waals surface area contributed by atoms with Crippen LogP contribution in [-0.2, 0) is 6.54 Å². The molecule has 0 bridgehead atoms. The van der Waals surface area contributed by atoms with E-state index in [1.54, 1.807) is 24.6 Å². The van der Waals surface area contributed by atoms with Gasteiger partial charge in [0.25, 0.3) is 0 Å². The van der Waals surface area contributed by atoms with Gasteiger partial charge in [0.15, 0.2) is 5.11 Å². The fourth-order valence-electron chi connectivity index (χ4n) is 3.99. The monoisotopic (exact) mass is 416 g/mol. The summed E-state index contributed by atoms with van der Waals surface area (Å²) in [5, 5.41) is 14.5. The summed E-state index contributed by atoms with van der Waals surface area (Å²) in [6.45, 7) is 0.599. The number of para-hydroxylation sites is 2. The number of thiocarbonyl (C=S) groups is 1. The van der Waals surface area contributed by atoms with E-state index in [0.717, 1.165) is 17.1 Å². The van der Waals surface area contributed by atoms with Crippen molar-refractivity contribution in [1.82, 2.24) is 14.9 Å². The van der Waals surface area contributed by atoms with E-state index in [-0.39, 0.29) is 17.8 Å². The molecule has 6 nitrogen and oxygen atoms in total. The first-order chi connectivity index (χ1) is 14.7. The van der Waals surface area contributed by atoms with E-state index in [2.05, 4.69) is 20.9 Å². The molecule has 7 heteroatoms. The lowest BCUT2D eigenvalue weighted by Crippen LogP contribution is -2.30. The number of benzene rings is 1. The highest BCUT2D eigenvalue weighted by Gasteiger charge is 2.42. The second kappa shape index (κ2) is 7.68. The molecule has 30 heavy (non-hydrogen) atoms. The largest absolute Gasteiger partial charge is 0.506 e. The van der Waals surface area contributed by atoms with Gasteiger partial charge in [-0.15, -0.1) is 0 Å². The maximum atomic E-state index is 10.6.